The number of para-hydroxylation sites is 1. The largest absolute Gasteiger partial charge is 0.496 e. The summed E-state index contributed by atoms with van der Waals surface area (Å²) in [5.41, 5.74) is 6.02. The Kier molecular flexibility index (Phi) is 5.62. The summed E-state index contributed by atoms with van der Waals surface area (Å²) in [7, 11) is 1.70. The first kappa shape index (κ1) is 20.0. The van der Waals surface area contributed by atoms with E-state index in [4.69, 9.17) is 9.72 Å². The predicted molar refractivity (Wildman–Crippen MR) is 129 cm³/mol. The fourth-order valence-corrected chi connectivity index (χ4v) is 5.95. The molecule has 1 heterocycles. The van der Waals surface area contributed by atoms with Gasteiger partial charge in [0.25, 0.3) is 0 Å². The minimum atomic E-state index is 0.142. The zero-order chi connectivity index (χ0) is 21.2. The first-order valence-electron chi connectivity index (χ1n) is 10.2. The number of carbonyl (C=O) groups excluding carboxylic acids is 1. The van der Waals surface area contributed by atoms with Crippen molar-refractivity contribution in [3.8, 4) is 5.75 Å². The van der Waals surface area contributed by atoms with E-state index >= 15 is 0 Å². The topological polar surface area (TPSA) is 39.2 Å². The molecular weight excluding hydrogens is 422 g/mol. The number of ketones is 1. The van der Waals surface area contributed by atoms with Crippen LogP contribution in [0.4, 0.5) is 0 Å². The molecule has 154 valence electrons. The van der Waals surface area contributed by atoms with Crippen molar-refractivity contribution < 1.29 is 9.53 Å². The van der Waals surface area contributed by atoms with Crippen molar-refractivity contribution >= 4 is 45.2 Å². The predicted octanol–water partition coefficient (Wildman–Crippen LogP) is 6.81. The van der Waals surface area contributed by atoms with Crippen LogP contribution in [0.2, 0.25) is 0 Å². The minimum absolute atomic E-state index is 0.142. The van der Waals surface area contributed by atoms with E-state index in [1.165, 1.54) is 4.70 Å². The number of thioether (sulfide) groups is 1. The Hall–Kier alpha value is -2.89. The molecule has 31 heavy (non-hydrogen) atoms. The van der Waals surface area contributed by atoms with Crippen LogP contribution >= 0.6 is 23.1 Å². The van der Waals surface area contributed by atoms with E-state index in [0.717, 1.165) is 62.0 Å². The molecule has 0 radical (unpaired) electrons. The average molecular weight is 444 g/mol. The van der Waals surface area contributed by atoms with Crippen molar-refractivity contribution in [1.29, 1.82) is 0 Å². The van der Waals surface area contributed by atoms with E-state index in [1.54, 1.807) is 30.2 Å². The molecule has 1 aliphatic rings. The zero-order valence-corrected chi connectivity index (χ0v) is 18.8. The van der Waals surface area contributed by atoms with Crippen LogP contribution < -0.4 is 4.74 Å². The Balaban J connectivity index is 1.39. The lowest BCUT2D eigenvalue weighted by Crippen LogP contribution is -2.13. The quantitative estimate of drug-likeness (QED) is 0.251. The van der Waals surface area contributed by atoms with Gasteiger partial charge in [-0.3, -0.25) is 4.79 Å². The SMILES string of the molecule is COc1ccc(C=C2CCc3ccccc3C2=O)cc1CSc1nc2ccccc2s1. The van der Waals surface area contributed by atoms with E-state index in [9.17, 15) is 4.79 Å². The van der Waals surface area contributed by atoms with Crippen LogP contribution in [-0.4, -0.2) is 17.9 Å². The van der Waals surface area contributed by atoms with Crippen molar-refractivity contribution in [3.63, 3.8) is 0 Å². The molecule has 0 spiro atoms. The highest BCUT2D eigenvalue weighted by Gasteiger charge is 2.21. The van der Waals surface area contributed by atoms with Gasteiger partial charge < -0.3 is 4.74 Å². The molecule has 0 fully saturated rings. The number of Topliss-reactive ketones (excluding diaryl/α,β-unsaturated/α-hetero) is 1. The van der Waals surface area contributed by atoms with Crippen LogP contribution in [0.25, 0.3) is 16.3 Å². The molecule has 0 N–H and O–H groups in total. The molecular formula is C26H21NO2S2. The van der Waals surface area contributed by atoms with E-state index < -0.39 is 0 Å². The number of ether oxygens (including phenoxy) is 1. The summed E-state index contributed by atoms with van der Waals surface area (Å²) in [6.07, 6.45) is 3.71. The first-order chi connectivity index (χ1) is 15.2. The summed E-state index contributed by atoms with van der Waals surface area (Å²) in [5, 5.41) is 0. The second kappa shape index (κ2) is 8.69. The second-order valence-electron chi connectivity index (χ2n) is 7.46. The normalized spacial score (nSPS) is 14.7. The lowest BCUT2D eigenvalue weighted by atomic mass is 9.86. The van der Waals surface area contributed by atoms with Gasteiger partial charge in [0.1, 0.15) is 5.75 Å². The molecule has 0 atom stereocenters. The lowest BCUT2D eigenvalue weighted by molar-refractivity contribution is 0.102. The maximum atomic E-state index is 12.9. The number of nitrogens with zero attached hydrogens (tertiary/aromatic N) is 1. The molecule has 3 nitrogen and oxygen atoms in total. The van der Waals surface area contributed by atoms with Crippen molar-refractivity contribution in [2.45, 2.75) is 22.9 Å². The molecule has 0 aliphatic heterocycles. The number of carbonyl (C=O) groups is 1. The van der Waals surface area contributed by atoms with Gasteiger partial charge in [-0.05, 0) is 54.3 Å². The van der Waals surface area contributed by atoms with Gasteiger partial charge >= 0.3 is 0 Å². The number of thiazole rings is 1. The highest BCUT2D eigenvalue weighted by Crippen LogP contribution is 2.34. The number of fused-ring (bicyclic) bond motifs is 2. The van der Waals surface area contributed by atoms with Gasteiger partial charge in [0.05, 0.1) is 17.3 Å². The third kappa shape index (κ3) is 4.16. The average Bonchev–Trinajstić information content (AvgIpc) is 3.23. The third-order valence-corrected chi connectivity index (χ3v) is 7.72. The maximum absolute atomic E-state index is 12.9. The van der Waals surface area contributed by atoms with Gasteiger partial charge in [-0.1, -0.05) is 54.2 Å². The molecule has 1 aromatic heterocycles. The Morgan fingerprint density at radius 1 is 1.06 bits per heavy atom. The lowest BCUT2D eigenvalue weighted by Gasteiger charge is -2.17. The van der Waals surface area contributed by atoms with Crippen LogP contribution in [0, 0.1) is 0 Å². The summed E-state index contributed by atoms with van der Waals surface area (Å²) in [6, 6.07) is 22.2. The number of methoxy groups -OCH3 is 1. The van der Waals surface area contributed by atoms with Crippen LogP contribution in [0.5, 0.6) is 5.75 Å². The van der Waals surface area contributed by atoms with Gasteiger partial charge in [0, 0.05) is 22.5 Å². The third-order valence-electron chi connectivity index (χ3n) is 5.49. The second-order valence-corrected chi connectivity index (χ2v) is 9.72. The number of allylic oxidation sites excluding steroid dienone is 1. The van der Waals surface area contributed by atoms with Crippen LogP contribution in [-0.2, 0) is 12.2 Å². The smallest absolute Gasteiger partial charge is 0.189 e. The maximum Gasteiger partial charge on any atom is 0.189 e. The zero-order valence-electron chi connectivity index (χ0n) is 17.1. The molecule has 4 aromatic rings. The first-order valence-corrected chi connectivity index (χ1v) is 12.0. The molecule has 0 unspecified atom stereocenters. The molecule has 3 aromatic carbocycles. The van der Waals surface area contributed by atoms with Gasteiger partial charge in [-0.25, -0.2) is 4.98 Å². The molecule has 1 aliphatic carbocycles. The molecule has 5 heteroatoms. The highest BCUT2D eigenvalue weighted by atomic mass is 32.2. The van der Waals surface area contributed by atoms with Gasteiger partial charge in [-0.15, -0.1) is 11.3 Å². The van der Waals surface area contributed by atoms with Crippen molar-refractivity contribution in [1.82, 2.24) is 4.98 Å². The van der Waals surface area contributed by atoms with Crippen molar-refractivity contribution in [3.05, 3.63) is 94.6 Å². The number of hydrogen-bond acceptors (Lipinski definition) is 5. The number of benzene rings is 3. The van der Waals surface area contributed by atoms with Gasteiger partial charge in [0.15, 0.2) is 10.1 Å². The number of aryl methyl sites for hydroxylation is 1. The molecule has 0 amide bonds. The molecule has 0 saturated carbocycles. The Morgan fingerprint density at radius 3 is 2.77 bits per heavy atom. The van der Waals surface area contributed by atoms with E-state index in [-0.39, 0.29) is 5.78 Å². The fourth-order valence-electron chi connectivity index (χ4n) is 3.91. The van der Waals surface area contributed by atoms with E-state index in [0.29, 0.717) is 0 Å². The Morgan fingerprint density at radius 2 is 1.90 bits per heavy atom. The van der Waals surface area contributed by atoms with Gasteiger partial charge in [0.2, 0.25) is 0 Å². The number of aromatic nitrogens is 1. The standard InChI is InChI=1S/C26H21NO2S2/c1-29-23-13-10-17(14-19-12-11-18-6-2-3-7-21(18)25(19)28)15-20(23)16-30-26-27-22-8-4-5-9-24(22)31-26/h2-10,13-15H,11-12,16H2,1H3. The van der Waals surface area contributed by atoms with Crippen molar-refractivity contribution in [2.75, 3.05) is 7.11 Å². The number of hydrogen-bond donors (Lipinski definition) is 0. The van der Waals surface area contributed by atoms with Gasteiger partial charge in [-0.2, -0.15) is 0 Å². The monoisotopic (exact) mass is 443 g/mol. The summed E-state index contributed by atoms with van der Waals surface area (Å²) in [6.45, 7) is 0. The molecule has 0 saturated heterocycles. The summed E-state index contributed by atoms with van der Waals surface area (Å²) >= 11 is 3.43. The summed E-state index contributed by atoms with van der Waals surface area (Å²) < 4.78 is 7.84. The highest BCUT2D eigenvalue weighted by molar-refractivity contribution is 8.00. The van der Waals surface area contributed by atoms with Crippen molar-refractivity contribution in [2.24, 2.45) is 0 Å². The van der Waals surface area contributed by atoms with Crippen LogP contribution in [0.15, 0.2) is 76.6 Å². The number of rotatable bonds is 5. The Labute approximate surface area is 189 Å². The molecule has 5 rings (SSSR count). The summed E-state index contributed by atoms with van der Waals surface area (Å²) in [4.78, 5) is 17.6. The van der Waals surface area contributed by atoms with Crippen LogP contribution in [0.1, 0.15) is 33.5 Å². The summed E-state index contributed by atoms with van der Waals surface area (Å²) in [5.74, 6) is 1.76. The Bertz CT molecular complexity index is 1270. The van der Waals surface area contributed by atoms with E-state index in [2.05, 4.69) is 18.2 Å². The van der Waals surface area contributed by atoms with E-state index in [1.807, 2.05) is 54.6 Å². The molecule has 0 bridgehead atoms. The fraction of sp³-hybridized carbons (Fsp3) is 0.154. The van der Waals surface area contributed by atoms with Crippen LogP contribution in [0.3, 0.4) is 0 Å². The minimum Gasteiger partial charge on any atom is -0.496 e.